The maximum Gasteiger partial charge on any atom is 0.333 e. The Kier molecular flexibility index (Phi) is 18.9. The lowest BCUT2D eigenvalue weighted by Crippen LogP contribution is -2.67. The second-order valence-corrected chi connectivity index (χ2v) is 23.3. The van der Waals surface area contributed by atoms with Gasteiger partial charge in [-0.05, 0) is 104 Å². The fourth-order valence-corrected chi connectivity index (χ4v) is 14.8. The van der Waals surface area contributed by atoms with Crippen molar-refractivity contribution in [2.24, 2.45) is 28.6 Å². The molecule has 0 spiro atoms. The van der Waals surface area contributed by atoms with Crippen LogP contribution in [0.25, 0.3) is 0 Å². The Hall–Kier alpha value is -2.26. The molecule has 4 heterocycles. The third kappa shape index (κ3) is 11.1. The van der Waals surface area contributed by atoms with E-state index in [-0.39, 0.29) is 41.7 Å². The number of hydrogen-bond acceptors (Lipinski definition) is 21. The van der Waals surface area contributed by atoms with Gasteiger partial charge in [0.2, 0.25) is 0 Å². The van der Waals surface area contributed by atoms with Gasteiger partial charge in [0.1, 0.15) is 67.1 Å². The molecule has 434 valence electrons. The number of hydrogen-bond donors (Lipinski definition) is 6. The van der Waals surface area contributed by atoms with Gasteiger partial charge in [0.05, 0.1) is 48.8 Å². The first kappa shape index (κ1) is 59.9. The second kappa shape index (κ2) is 24.1. The SMILES string of the molecule is CC=C(C)C(=O)OC1CC2C(CC=C3CC(OC4CC(OC)C(OC5CC(OC)C(OC6OC(C)C(OC7OC(CO)C(O)C(O)C7O)C(OC)C6O)C(C)O5)C(C)O4)CCC32C)C2(O)CCC(C(C)OC(C)=O)C12C. The molecular formula is C55H88O21. The van der Waals surface area contributed by atoms with E-state index in [1.807, 2.05) is 34.6 Å². The number of allylic oxidation sites excluding steroid dienone is 2. The average Bonchev–Trinajstić information content (AvgIpc) is 3.82. The van der Waals surface area contributed by atoms with Crippen LogP contribution < -0.4 is 0 Å². The number of fused-ring (bicyclic) bond motifs is 5. The number of carbonyl (C=O) groups is 2. The zero-order chi connectivity index (χ0) is 55.3. The highest BCUT2D eigenvalue weighted by Crippen LogP contribution is 2.69. The van der Waals surface area contributed by atoms with E-state index < -0.39 is 146 Å². The molecule has 0 aromatic heterocycles. The fraction of sp³-hybridized carbons (Fsp3) is 0.891. The van der Waals surface area contributed by atoms with Crippen molar-refractivity contribution in [3.8, 4) is 0 Å². The van der Waals surface area contributed by atoms with Gasteiger partial charge in [-0.25, -0.2) is 4.79 Å². The van der Waals surface area contributed by atoms with Crippen LogP contribution in [0.1, 0.15) is 120 Å². The molecular weight excluding hydrogens is 997 g/mol. The molecule has 6 N–H and O–H groups in total. The molecule has 0 aromatic rings. The summed E-state index contributed by atoms with van der Waals surface area (Å²) in [5, 5.41) is 65.5. The average molecular weight is 1090 g/mol. The minimum absolute atomic E-state index is 0.0339. The van der Waals surface area contributed by atoms with Crippen LogP contribution in [0, 0.1) is 28.6 Å². The van der Waals surface area contributed by atoms with Crippen molar-refractivity contribution in [3.63, 3.8) is 0 Å². The first-order chi connectivity index (χ1) is 36.0. The summed E-state index contributed by atoms with van der Waals surface area (Å²) in [7, 11) is 4.56. The molecule has 27 atom stereocenters. The van der Waals surface area contributed by atoms with Gasteiger partial charge in [-0.1, -0.05) is 31.6 Å². The second-order valence-electron chi connectivity index (χ2n) is 23.3. The van der Waals surface area contributed by atoms with Crippen molar-refractivity contribution in [3.05, 3.63) is 23.3 Å². The zero-order valence-corrected chi connectivity index (χ0v) is 46.4. The van der Waals surface area contributed by atoms with Crippen molar-refractivity contribution >= 4 is 11.9 Å². The van der Waals surface area contributed by atoms with Crippen molar-refractivity contribution in [2.75, 3.05) is 27.9 Å². The summed E-state index contributed by atoms with van der Waals surface area (Å²) in [6.45, 7) is 15.9. The summed E-state index contributed by atoms with van der Waals surface area (Å²) in [4.78, 5) is 25.7. The Morgan fingerprint density at radius 1 is 0.737 bits per heavy atom. The number of esters is 2. The maximum atomic E-state index is 13.5. The van der Waals surface area contributed by atoms with Crippen molar-refractivity contribution < 1.29 is 102 Å². The monoisotopic (exact) mass is 1080 g/mol. The highest BCUT2D eigenvalue weighted by Gasteiger charge is 2.72. The predicted molar refractivity (Wildman–Crippen MR) is 266 cm³/mol. The van der Waals surface area contributed by atoms with Crippen molar-refractivity contribution in [1.82, 2.24) is 0 Å². The van der Waals surface area contributed by atoms with E-state index in [0.717, 1.165) is 12.8 Å². The number of carbonyl (C=O) groups excluding carboxylic acids is 2. The molecule has 4 aliphatic carbocycles. The first-order valence-electron chi connectivity index (χ1n) is 27.6. The van der Waals surface area contributed by atoms with E-state index in [4.69, 9.17) is 61.6 Å². The van der Waals surface area contributed by atoms with Gasteiger partial charge in [-0.2, -0.15) is 0 Å². The van der Waals surface area contributed by atoms with Crippen molar-refractivity contribution in [2.45, 2.75) is 255 Å². The molecule has 0 aromatic carbocycles. The maximum absolute atomic E-state index is 13.5. The molecule has 0 bridgehead atoms. The summed E-state index contributed by atoms with van der Waals surface area (Å²) in [6, 6.07) is 0. The Morgan fingerprint density at radius 3 is 1.95 bits per heavy atom. The number of aliphatic hydroxyl groups is 6. The van der Waals surface area contributed by atoms with Gasteiger partial charge >= 0.3 is 11.9 Å². The van der Waals surface area contributed by atoms with Gasteiger partial charge in [0.25, 0.3) is 0 Å². The molecule has 27 unspecified atom stereocenters. The lowest BCUT2D eigenvalue weighted by molar-refractivity contribution is -0.373. The van der Waals surface area contributed by atoms with Gasteiger partial charge < -0.3 is 92.2 Å². The predicted octanol–water partition coefficient (Wildman–Crippen LogP) is 2.88. The summed E-state index contributed by atoms with van der Waals surface area (Å²) in [5.74, 6) is -1.02. The van der Waals surface area contributed by atoms with Crippen molar-refractivity contribution in [1.29, 1.82) is 0 Å². The van der Waals surface area contributed by atoms with Crippen LogP contribution in [0.3, 0.4) is 0 Å². The Morgan fingerprint density at radius 2 is 1.34 bits per heavy atom. The highest BCUT2D eigenvalue weighted by atomic mass is 16.8. The highest BCUT2D eigenvalue weighted by molar-refractivity contribution is 5.87. The summed E-state index contributed by atoms with van der Waals surface area (Å²) < 4.78 is 80.3. The smallest absolute Gasteiger partial charge is 0.333 e. The summed E-state index contributed by atoms with van der Waals surface area (Å²) >= 11 is 0. The minimum atomic E-state index is -1.67. The molecule has 4 aliphatic heterocycles. The van der Waals surface area contributed by atoms with Crippen LogP contribution in [0.4, 0.5) is 0 Å². The normalized spacial score (nSPS) is 49.2. The molecule has 0 radical (unpaired) electrons. The van der Waals surface area contributed by atoms with E-state index in [1.165, 1.54) is 19.6 Å². The number of methoxy groups -OCH3 is 3. The molecule has 8 rings (SSSR count). The van der Waals surface area contributed by atoms with Crippen LogP contribution in [-0.4, -0.2) is 205 Å². The van der Waals surface area contributed by atoms with Gasteiger partial charge in [-0.3, -0.25) is 4.79 Å². The molecule has 21 nitrogen and oxygen atoms in total. The third-order valence-corrected chi connectivity index (χ3v) is 19.3. The molecule has 0 amide bonds. The minimum Gasteiger partial charge on any atom is -0.463 e. The molecule has 3 saturated carbocycles. The van der Waals surface area contributed by atoms with E-state index in [2.05, 4.69) is 13.0 Å². The first-order valence-corrected chi connectivity index (χ1v) is 27.6. The lowest BCUT2D eigenvalue weighted by Gasteiger charge is -2.63. The lowest BCUT2D eigenvalue weighted by atomic mass is 9.44. The van der Waals surface area contributed by atoms with Crippen LogP contribution in [0.2, 0.25) is 0 Å². The van der Waals surface area contributed by atoms with E-state index >= 15 is 0 Å². The number of rotatable bonds is 16. The molecule has 76 heavy (non-hydrogen) atoms. The quantitative estimate of drug-likeness (QED) is 0.0737. The Balaban J connectivity index is 0.873. The fourth-order valence-electron chi connectivity index (χ4n) is 14.8. The third-order valence-electron chi connectivity index (χ3n) is 19.3. The zero-order valence-electron chi connectivity index (χ0n) is 46.4. The number of aliphatic hydroxyl groups excluding tert-OH is 5. The molecule has 4 saturated heterocycles. The van der Waals surface area contributed by atoms with Crippen LogP contribution >= 0.6 is 0 Å². The van der Waals surface area contributed by atoms with Crippen LogP contribution in [0.15, 0.2) is 23.3 Å². The summed E-state index contributed by atoms with van der Waals surface area (Å²) in [6.07, 6.45) is -9.58. The molecule has 8 aliphatic rings. The molecule has 7 fully saturated rings. The van der Waals surface area contributed by atoms with E-state index in [1.54, 1.807) is 34.1 Å². The van der Waals surface area contributed by atoms with Gasteiger partial charge in [0, 0.05) is 58.0 Å². The number of ether oxygens (including phenoxy) is 13. The Labute approximate surface area is 447 Å². The standard InChI is InChI=1S/C55H88O21/c1-13-25(2)50(62)73-39-21-35-34(55(63)19-17-33(54(39,55)9)26(3)67-30(7)57)15-14-31-20-32(16-18-53(31,35)8)71-40-22-36(64-10)46(27(4)68-40)74-41-23-37(65-11)47(28(5)69-41)75-52-45(61)49(66-12)48(29(6)70-52)76-51-44(60)43(59)42(58)38(24-56)72-51/h13-14,26-29,32-49,51-52,56,58-61,63H,15-24H2,1-12H3. The topological polar surface area (TPSA) is 276 Å². The Bertz CT molecular complexity index is 2060. The van der Waals surface area contributed by atoms with Gasteiger partial charge in [-0.15, -0.1) is 0 Å². The van der Waals surface area contributed by atoms with E-state index in [0.29, 0.717) is 44.1 Å². The van der Waals surface area contributed by atoms with Gasteiger partial charge in [0.15, 0.2) is 25.2 Å². The van der Waals surface area contributed by atoms with E-state index in [9.17, 15) is 40.2 Å². The van der Waals surface area contributed by atoms with Crippen LogP contribution in [0.5, 0.6) is 0 Å². The molecule has 21 heteroatoms. The summed E-state index contributed by atoms with van der Waals surface area (Å²) in [5.41, 5.74) is -0.489. The largest absolute Gasteiger partial charge is 0.463 e. The van der Waals surface area contributed by atoms with Crippen LogP contribution in [-0.2, 0) is 71.2 Å².